The minimum Gasteiger partial charge on any atom is -0.396 e. The molecule has 3 nitrogen and oxygen atoms in total. The summed E-state index contributed by atoms with van der Waals surface area (Å²) in [4.78, 5) is 12.1. The van der Waals surface area contributed by atoms with Crippen LogP contribution in [0, 0.1) is 17.6 Å². The summed E-state index contributed by atoms with van der Waals surface area (Å²) >= 11 is 0. The van der Waals surface area contributed by atoms with Crippen molar-refractivity contribution in [1.29, 1.82) is 0 Å². The molecule has 0 spiro atoms. The minimum atomic E-state index is -0.876. The lowest BCUT2D eigenvalue weighted by Gasteiger charge is -2.29. The Morgan fingerprint density at radius 3 is 2.52 bits per heavy atom. The van der Waals surface area contributed by atoms with E-state index < -0.39 is 17.5 Å². The first-order valence-electron chi connectivity index (χ1n) is 7.56. The highest BCUT2D eigenvalue weighted by Gasteiger charge is 2.23. The van der Waals surface area contributed by atoms with E-state index in [0.717, 1.165) is 37.7 Å². The molecule has 2 rings (SSSR count). The molecule has 0 unspecified atom stereocenters. The van der Waals surface area contributed by atoms with Crippen LogP contribution in [-0.2, 0) is 0 Å². The van der Waals surface area contributed by atoms with E-state index in [1.54, 1.807) is 0 Å². The molecular formula is C16H22F2N2O. The van der Waals surface area contributed by atoms with Gasteiger partial charge in [-0.1, -0.05) is 19.8 Å². The van der Waals surface area contributed by atoms with E-state index in [1.165, 1.54) is 12.8 Å². The lowest BCUT2D eigenvalue weighted by molar-refractivity contribution is 0.0917. The molecule has 21 heavy (non-hydrogen) atoms. The van der Waals surface area contributed by atoms with Crippen LogP contribution < -0.4 is 11.1 Å². The number of benzene rings is 1. The number of nitrogen functional groups attached to an aromatic ring is 1. The largest absolute Gasteiger partial charge is 0.396 e. The quantitative estimate of drug-likeness (QED) is 0.834. The molecule has 0 saturated heterocycles. The molecule has 0 aromatic heterocycles. The maximum atomic E-state index is 13.6. The van der Waals surface area contributed by atoms with Gasteiger partial charge >= 0.3 is 0 Å². The SMILES string of the molecule is CCCC1CCC(NC(=O)c2cc(N)c(F)cc2F)CC1. The van der Waals surface area contributed by atoms with Crippen molar-refractivity contribution in [2.75, 3.05) is 5.73 Å². The maximum absolute atomic E-state index is 13.6. The fourth-order valence-electron chi connectivity index (χ4n) is 3.01. The highest BCUT2D eigenvalue weighted by Crippen LogP contribution is 2.28. The molecule has 1 aliphatic carbocycles. The van der Waals surface area contributed by atoms with Gasteiger partial charge in [0.25, 0.3) is 5.91 Å². The lowest BCUT2D eigenvalue weighted by Crippen LogP contribution is -2.38. The van der Waals surface area contributed by atoms with E-state index in [4.69, 9.17) is 5.73 Å². The number of halogens is 2. The molecule has 0 radical (unpaired) electrons. The second-order valence-electron chi connectivity index (χ2n) is 5.83. The standard InChI is InChI=1S/C16H22F2N2O/c1-2-3-10-4-6-11(7-5-10)20-16(21)12-8-15(19)14(18)9-13(12)17/h8-11H,2-7,19H2,1H3,(H,20,21). The zero-order valence-electron chi connectivity index (χ0n) is 12.3. The van der Waals surface area contributed by atoms with E-state index in [9.17, 15) is 13.6 Å². The molecule has 1 aliphatic rings. The van der Waals surface area contributed by atoms with Crippen LogP contribution in [0.15, 0.2) is 12.1 Å². The summed E-state index contributed by atoms with van der Waals surface area (Å²) in [5.41, 5.74) is 4.99. The molecule has 1 aromatic carbocycles. The normalized spacial score (nSPS) is 22.0. The second kappa shape index (κ2) is 6.87. The summed E-state index contributed by atoms with van der Waals surface area (Å²) in [5.74, 6) is -1.50. The highest BCUT2D eigenvalue weighted by molar-refractivity contribution is 5.95. The Kier molecular flexibility index (Phi) is 5.15. The zero-order chi connectivity index (χ0) is 15.4. The average Bonchev–Trinajstić information content (AvgIpc) is 2.45. The molecule has 0 bridgehead atoms. The summed E-state index contributed by atoms with van der Waals surface area (Å²) in [6.45, 7) is 2.18. The first-order valence-corrected chi connectivity index (χ1v) is 7.56. The summed E-state index contributed by atoms with van der Waals surface area (Å²) < 4.78 is 26.7. The summed E-state index contributed by atoms with van der Waals surface area (Å²) in [5, 5.41) is 2.83. The van der Waals surface area contributed by atoms with Crippen LogP contribution >= 0.6 is 0 Å². The fourth-order valence-corrected chi connectivity index (χ4v) is 3.01. The number of rotatable bonds is 4. The third-order valence-electron chi connectivity index (χ3n) is 4.21. The van der Waals surface area contributed by atoms with Crippen LogP contribution in [0.2, 0.25) is 0 Å². The third-order valence-corrected chi connectivity index (χ3v) is 4.21. The maximum Gasteiger partial charge on any atom is 0.254 e. The number of hydrogen-bond donors (Lipinski definition) is 2. The monoisotopic (exact) mass is 296 g/mol. The van der Waals surface area contributed by atoms with Gasteiger partial charge < -0.3 is 11.1 Å². The molecule has 1 aromatic rings. The van der Waals surface area contributed by atoms with Gasteiger partial charge in [-0.3, -0.25) is 4.79 Å². The predicted molar refractivity (Wildman–Crippen MR) is 78.9 cm³/mol. The number of carbonyl (C=O) groups excluding carboxylic acids is 1. The van der Waals surface area contributed by atoms with E-state index in [0.29, 0.717) is 6.07 Å². The predicted octanol–water partition coefficient (Wildman–Crippen LogP) is 3.64. The molecule has 1 fully saturated rings. The Hall–Kier alpha value is -1.65. The number of anilines is 1. The van der Waals surface area contributed by atoms with E-state index in [1.807, 2.05) is 0 Å². The van der Waals surface area contributed by atoms with Crippen molar-refractivity contribution >= 4 is 11.6 Å². The molecule has 0 atom stereocenters. The minimum absolute atomic E-state index is 0.0660. The van der Waals surface area contributed by atoms with E-state index >= 15 is 0 Å². The van der Waals surface area contributed by atoms with Crippen LogP contribution in [0.5, 0.6) is 0 Å². The van der Waals surface area contributed by atoms with Gasteiger partial charge in [0.1, 0.15) is 11.6 Å². The molecular weight excluding hydrogens is 274 g/mol. The van der Waals surface area contributed by atoms with Gasteiger partial charge in [0, 0.05) is 12.1 Å². The van der Waals surface area contributed by atoms with Crippen LogP contribution in [-0.4, -0.2) is 11.9 Å². The number of carbonyl (C=O) groups is 1. The van der Waals surface area contributed by atoms with Gasteiger partial charge in [-0.15, -0.1) is 0 Å². The van der Waals surface area contributed by atoms with E-state index in [-0.39, 0.29) is 17.3 Å². The van der Waals surface area contributed by atoms with Crippen molar-refractivity contribution in [3.63, 3.8) is 0 Å². The molecule has 5 heteroatoms. The van der Waals surface area contributed by atoms with Crippen LogP contribution in [0.4, 0.5) is 14.5 Å². The molecule has 3 N–H and O–H groups in total. The molecule has 0 aliphatic heterocycles. The summed E-state index contributed by atoms with van der Waals surface area (Å²) in [6.07, 6.45) is 6.41. The third kappa shape index (κ3) is 3.93. The number of nitrogens with two attached hydrogens (primary N) is 1. The summed E-state index contributed by atoms with van der Waals surface area (Å²) in [7, 11) is 0. The smallest absolute Gasteiger partial charge is 0.254 e. The van der Waals surface area contributed by atoms with Crippen LogP contribution in [0.25, 0.3) is 0 Å². The highest BCUT2D eigenvalue weighted by atomic mass is 19.1. The first kappa shape index (κ1) is 15.7. The Labute approximate surface area is 123 Å². The second-order valence-corrected chi connectivity index (χ2v) is 5.83. The molecule has 1 amide bonds. The van der Waals surface area contributed by atoms with E-state index in [2.05, 4.69) is 12.2 Å². The number of nitrogens with one attached hydrogen (secondary N) is 1. The van der Waals surface area contributed by atoms with Crippen LogP contribution in [0.1, 0.15) is 55.8 Å². The lowest BCUT2D eigenvalue weighted by atomic mass is 9.83. The fraction of sp³-hybridized carbons (Fsp3) is 0.562. The Morgan fingerprint density at radius 2 is 1.90 bits per heavy atom. The van der Waals surface area contributed by atoms with Crippen molar-refractivity contribution in [3.05, 3.63) is 29.3 Å². The van der Waals surface area contributed by atoms with Crippen molar-refractivity contribution in [3.8, 4) is 0 Å². The van der Waals surface area contributed by atoms with Gasteiger partial charge in [-0.25, -0.2) is 8.78 Å². The topological polar surface area (TPSA) is 55.1 Å². The van der Waals surface area contributed by atoms with Crippen molar-refractivity contribution in [2.24, 2.45) is 5.92 Å². The Morgan fingerprint density at radius 1 is 1.24 bits per heavy atom. The average molecular weight is 296 g/mol. The Bertz CT molecular complexity index is 511. The van der Waals surface area contributed by atoms with Gasteiger partial charge in [0.05, 0.1) is 11.3 Å². The van der Waals surface area contributed by atoms with Crippen molar-refractivity contribution < 1.29 is 13.6 Å². The van der Waals surface area contributed by atoms with Gasteiger partial charge in [0.15, 0.2) is 0 Å². The molecule has 116 valence electrons. The van der Waals surface area contributed by atoms with Gasteiger partial charge in [-0.05, 0) is 37.7 Å². The number of amides is 1. The van der Waals surface area contributed by atoms with Crippen molar-refractivity contribution in [2.45, 2.75) is 51.5 Å². The molecule has 1 saturated carbocycles. The summed E-state index contributed by atoms with van der Waals surface area (Å²) in [6, 6.07) is 1.78. The first-order chi connectivity index (χ1) is 10.0. The number of hydrogen-bond acceptors (Lipinski definition) is 2. The van der Waals surface area contributed by atoms with Gasteiger partial charge in [-0.2, -0.15) is 0 Å². The zero-order valence-corrected chi connectivity index (χ0v) is 12.3. The van der Waals surface area contributed by atoms with Crippen molar-refractivity contribution in [1.82, 2.24) is 5.32 Å². The van der Waals surface area contributed by atoms with Gasteiger partial charge in [0.2, 0.25) is 0 Å². The Balaban J connectivity index is 1.95. The molecule has 0 heterocycles. The van der Waals surface area contributed by atoms with Crippen LogP contribution in [0.3, 0.4) is 0 Å².